The van der Waals surface area contributed by atoms with Gasteiger partial charge in [0.1, 0.15) is 5.75 Å². The van der Waals surface area contributed by atoms with Crippen LogP contribution in [0.1, 0.15) is 25.3 Å². The van der Waals surface area contributed by atoms with Crippen LogP contribution in [-0.4, -0.2) is 37.0 Å². The molecule has 0 unspecified atom stereocenters. The monoisotopic (exact) mass is 352 g/mol. The van der Waals surface area contributed by atoms with Gasteiger partial charge in [0.2, 0.25) is 5.91 Å². The number of hydrogen-bond donors (Lipinski definition) is 1. The number of rotatable bonds is 7. The third kappa shape index (κ3) is 5.88. The summed E-state index contributed by atoms with van der Waals surface area (Å²) in [6.07, 6.45) is 3.22. The Morgan fingerprint density at radius 1 is 1.12 bits per heavy atom. The van der Waals surface area contributed by atoms with Crippen molar-refractivity contribution in [3.05, 3.63) is 60.2 Å². The first-order valence-corrected chi connectivity index (χ1v) is 9.48. The largest absolute Gasteiger partial charge is 0.493 e. The molecule has 1 heterocycles. The molecule has 0 atom stereocenters. The highest BCUT2D eigenvalue weighted by Gasteiger charge is 2.17. The molecule has 4 nitrogen and oxygen atoms in total. The van der Waals surface area contributed by atoms with Gasteiger partial charge in [0.05, 0.1) is 13.2 Å². The van der Waals surface area contributed by atoms with Gasteiger partial charge in [-0.15, -0.1) is 0 Å². The van der Waals surface area contributed by atoms with Crippen LogP contribution in [0.2, 0.25) is 0 Å². The molecule has 0 bridgehead atoms. The highest BCUT2D eigenvalue weighted by atomic mass is 16.5. The van der Waals surface area contributed by atoms with Crippen molar-refractivity contribution >= 4 is 11.6 Å². The minimum Gasteiger partial charge on any atom is -0.493 e. The second-order valence-electron chi connectivity index (χ2n) is 7.12. The number of carbonyl (C=O) groups is 1. The second-order valence-corrected chi connectivity index (χ2v) is 7.12. The van der Waals surface area contributed by atoms with Crippen molar-refractivity contribution in [1.29, 1.82) is 0 Å². The van der Waals surface area contributed by atoms with Gasteiger partial charge in [0.25, 0.3) is 0 Å². The normalized spacial score (nSPS) is 15.6. The summed E-state index contributed by atoms with van der Waals surface area (Å²) in [5.41, 5.74) is 2.05. The highest BCUT2D eigenvalue weighted by molar-refractivity contribution is 5.92. The van der Waals surface area contributed by atoms with Crippen molar-refractivity contribution in [2.45, 2.75) is 26.2 Å². The van der Waals surface area contributed by atoms with Crippen LogP contribution in [0, 0.1) is 5.92 Å². The van der Waals surface area contributed by atoms with Crippen LogP contribution in [0.4, 0.5) is 5.69 Å². The number of piperidine rings is 1. The first kappa shape index (κ1) is 18.5. The third-order valence-corrected chi connectivity index (χ3v) is 4.86. The molecule has 1 N–H and O–H groups in total. The van der Waals surface area contributed by atoms with E-state index in [1.54, 1.807) is 0 Å². The van der Waals surface area contributed by atoms with E-state index in [1.165, 1.54) is 18.4 Å². The Bertz CT molecular complexity index is 694. The fourth-order valence-electron chi connectivity index (χ4n) is 3.22. The number of nitrogens with zero attached hydrogens (tertiary/aromatic N) is 1. The van der Waals surface area contributed by atoms with Crippen molar-refractivity contribution in [2.24, 2.45) is 5.92 Å². The quantitative estimate of drug-likeness (QED) is 0.819. The minimum atomic E-state index is 0.0426. The minimum absolute atomic E-state index is 0.0426. The smallest absolute Gasteiger partial charge is 0.238 e. The summed E-state index contributed by atoms with van der Waals surface area (Å²) < 4.78 is 5.83. The summed E-state index contributed by atoms with van der Waals surface area (Å²) in [5, 5.41) is 2.99. The predicted molar refractivity (Wildman–Crippen MR) is 106 cm³/mol. The summed E-state index contributed by atoms with van der Waals surface area (Å²) in [6, 6.07) is 17.9. The van der Waals surface area contributed by atoms with Crippen LogP contribution < -0.4 is 10.1 Å². The molecular weight excluding hydrogens is 324 g/mol. The molecule has 2 aromatic rings. The highest BCUT2D eigenvalue weighted by Crippen LogP contribution is 2.19. The van der Waals surface area contributed by atoms with Crippen molar-refractivity contribution in [3.8, 4) is 5.75 Å². The summed E-state index contributed by atoms with van der Waals surface area (Å²) >= 11 is 0. The molecule has 26 heavy (non-hydrogen) atoms. The van der Waals surface area contributed by atoms with Gasteiger partial charge in [-0.25, -0.2) is 0 Å². The zero-order chi connectivity index (χ0) is 18.2. The summed E-state index contributed by atoms with van der Waals surface area (Å²) in [4.78, 5) is 14.5. The molecule has 0 spiro atoms. The standard InChI is InChI=1S/C22H28N2O2/c1-18-10-13-24(14-11-18)17-22(25)23-20-8-5-9-21(16-20)26-15-12-19-6-3-2-4-7-19/h2-9,16,18H,10-15,17H2,1H3,(H,23,25). The molecule has 4 heteroatoms. The zero-order valence-electron chi connectivity index (χ0n) is 15.5. The number of hydrogen-bond acceptors (Lipinski definition) is 3. The predicted octanol–water partition coefficient (Wildman–Crippen LogP) is 3.98. The molecule has 1 saturated heterocycles. The Kier molecular flexibility index (Phi) is 6.67. The van der Waals surface area contributed by atoms with Gasteiger partial charge in [-0.1, -0.05) is 43.3 Å². The molecule has 0 aliphatic carbocycles. The number of benzene rings is 2. The first-order chi connectivity index (χ1) is 12.7. The van der Waals surface area contributed by atoms with E-state index in [1.807, 2.05) is 42.5 Å². The molecule has 3 rings (SSSR count). The molecule has 0 saturated carbocycles. The summed E-state index contributed by atoms with van der Waals surface area (Å²) in [5.74, 6) is 1.60. The molecule has 1 aliphatic heterocycles. The lowest BCUT2D eigenvalue weighted by atomic mass is 9.99. The van der Waals surface area contributed by atoms with E-state index < -0.39 is 0 Å². The van der Waals surface area contributed by atoms with Crippen molar-refractivity contribution in [1.82, 2.24) is 4.90 Å². The van der Waals surface area contributed by atoms with Gasteiger partial charge in [0.15, 0.2) is 0 Å². The Morgan fingerprint density at radius 2 is 1.88 bits per heavy atom. The molecule has 0 radical (unpaired) electrons. The molecule has 1 amide bonds. The lowest BCUT2D eigenvalue weighted by molar-refractivity contribution is -0.117. The lowest BCUT2D eigenvalue weighted by Gasteiger charge is -2.29. The molecule has 1 fully saturated rings. The maximum atomic E-state index is 12.3. The zero-order valence-corrected chi connectivity index (χ0v) is 15.5. The molecule has 2 aromatic carbocycles. The molecule has 0 aromatic heterocycles. The maximum Gasteiger partial charge on any atom is 0.238 e. The van der Waals surface area contributed by atoms with Crippen LogP contribution in [0.15, 0.2) is 54.6 Å². The molecule has 138 valence electrons. The second kappa shape index (κ2) is 9.39. The Labute approximate surface area is 156 Å². The Morgan fingerprint density at radius 3 is 2.65 bits per heavy atom. The SMILES string of the molecule is CC1CCN(CC(=O)Nc2cccc(OCCc3ccccc3)c2)CC1. The number of nitrogens with one attached hydrogen (secondary N) is 1. The van der Waals surface area contributed by atoms with Gasteiger partial charge in [-0.2, -0.15) is 0 Å². The van der Waals surface area contributed by atoms with Crippen molar-refractivity contribution < 1.29 is 9.53 Å². The Balaban J connectivity index is 1.45. The van der Waals surface area contributed by atoms with Crippen LogP contribution in [0.5, 0.6) is 5.75 Å². The van der Waals surface area contributed by atoms with Gasteiger partial charge in [0, 0.05) is 18.2 Å². The van der Waals surface area contributed by atoms with Crippen LogP contribution in [-0.2, 0) is 11.2 Å². The fraction of sp³-hybridized carbons (Fsp3) is 0.409. The lowest BCUT2D eigenvalue weighted by Crippen LogP contribution is -2.38. The van der Waals surface area contributed by atoms with E-state index in [9.17, 15) is 4.79 Å². The van der Waals surface area contributed by atoms with Gasteiger partial charge in [-0.05, 0) is 49.5 Å². The molecule has 1 aliphatic rings. The van der Waals surface area contributed by atoms with E-state index in [4.69, 9.17) is 4.74 Å². The third-order valence-electron chi connectivity index (χ3n) is 4.86. The van der Waals surface area contributed by atoms with Gasteiger partial charge in [-0.3, -0.25) is 9.69 Å². The van der Waals surface area contributed by atoms with Gasteiger partial charge < -0.3 is 10.1 Å². The van der Waals surface area contributed by atoms with Gasteiger partial charge >= 0.3 is 0 Å². The number of likely N-dealkylation sites (tertiary alicyclic amines) is 1. The molecular formula is C22H28N2O2. The van der Waals surface area contributed by atoms with Crippen molar-refractivity contribution in [2.75, 3.05) is 31.6 Å². The Hall–Kier alpha value is -2.33. The van der Waals surface area contributed by atoms with E-state index in [-0.39, 0.29) is 5.91 Å². The van der Waals surface area contributed by atoms with Crippen molar-refractivity contribution in [3.63, 3.8) is 0 Å². The number of amides is 1. The van der Waals surface area contributed by atoms with Crippen LogP contribution in [0.25, 0.3) is 0 Å². The summed E-state index contributed by atoms with van der Waals surface area (Å²) in [6.45, 7) is 5.38. The number of carbonyl (C=O) groups excluding carboxylic acids is 1. The van der Waals surface area contributed by atoms with E-state index in [0.717, 1.165) is 36.9 Å². The summed E-state index contributed by atoms with van der Waals surface area (Å²) in [7, 11) is 0. The topological polar surface area (TPSA) is 41.6 Å². The number of anilines is 1. The van der Waals surface area contributed by atoms with E-state index >= 15 is 0 Å². The van der Waals surface area contributed by atoms with E-state index in [2.05, 4.69) is 29.3 Å². The van der Waals surface area contributed by atoms with E-state index in [0.29, 0.717) is 13.2 Å². The fourth-order valence-corrected chi connectivity index (χ4v) is 3.22. The average molecular weight is 352 g/mol. The average Bonchev–Trinajstić information content (AvgIpc) is 2.65. The number of ether oxygens (including phenoxy) is 1. The maximum absolute atomic E-state index is 12.3. The van der Waals surface area contributed by atoms with Crippen LogP contribution >= 0.6 is 0 Å². The van der Waals surface area contributed by atoms with Crippen LogP contribution in [0.3, 0.4) is 0 Å². The first-order valence-electron chi connectivity index (χ1n) is 9.48.